The summed E-state index contributed by atoms with van der Waals surface area (Å²) in [5.74, 6) is -1.94. The number of nitrogens with zero attached hydrogens (tertiary/aromatic N) is 1. The van der Waals surface area contributed by atoms with Gasteiger partial charge in [0.1, 0.15) is 0 Å². The van der Waals surface area contributed by atoms with Crippen molar-refractivity contribution in [2.45, 2.75) is 18.0 Å². The van der Waals surface area contributed by atoms with E-state index < -0.39 is 33.7 Å². The highest BCUT2D eigenvalue weighted by molar-refractivity contribution is 7.84. The van der Waals surface area contributed by atoms with Crippen LogP contribution in [0, 0.1) is 0 Å². The monoisotopic (exact) mass is 235 g/mol. The Labute approximate surface area is 85.3 Å². The third kappa shape index (κ3) is 1.05. The average molecular weight is 235 g/mol. The van der Waals surface area contributed by atoms with Gasteiger partial charge in [-0.2, -0.15) is 8.42 Å². The molecule has 2 atom stereocenters. The summed E-state index contributed by atoms with van der Waals surface area (Å²) in [7, 11) is -4.61. The summed E-state index contributed by atoms with van der Waals surface area (Å²) in [4.78, 5) is 22.6. The van der Waals surface area contributed by atoms with Crippen LogP contribution in [0.3, 0.4) is 0 Å². The van der Waals surface area contributed by atoms with Gasteiger partial charge in [0.25, 0.3) is 5.91 Å². The van der Waals surface area contributed by atoms with Crippen LogP contribution in [0.5, 0.6) is 0 Å². The Morgan fingerprint density at radius 3 is 2.73 bits per heavy atom. The van der Waals surface area contributed by atoms with Gasteiger partial charge >= 0.3 is 10.3 Å². The summed E-state index contributed by atoms with van der Waals surface area (Å²) in [6.07, 6.45) is 0.258. The van der Waals surface area contributed by atoms with Gasteiger partial charge in [-0.3, -0.25) is 19.5 Å². The molecule has 2 saturated heterocycles. The van der Waals surface area contributed by atoms with Crippen LogP contribution >= 0.6 is 0 Å². The largest absolute Gasteiger partial charge is 0.368 e. The molecule has 2 amide bonds. The quantitative estimate of drug-likeness (QED) is 0.269. The summed E-state index contributed by atoms with van der Waals surface area (Å²) in [6.45, 7) is 0.297. The Kier molecular flexibility index (Phi) is 1.85. The summed E-state index contributed by atoms with van der Waals surface area (Å²) in [5, 5.41) is 2.58. The van der Waals surface area contributed by atoms with Gasteiger partial charge in [0, 0.05) is 0 Å². The molecule has 2 aliphatic rings. The second-order valence-electron chi connectivity index (χ2n) is 3.48. The van der Waals surface area contributed by atoms with Crippen molar-refractivity contribution in [3.63, 3.8) is 0 Å². The Hall–Kier alpha value is -1.19. The fraction of sp³-hybridized carbons (Fsp3) is 0.667. The van der Waals surface area contributed by atoms with E-state index in [2.05, 4.69) is 5.32 Å². The molecule has 8 nitrogen and oxygen atoms in total. The van der Waals surface area contributed by atoms with E-state index in [0.29, 0.717) is 6.54 Å². The predicted octanol–water partition coefficient (Wildman–Crippen LogP) is -2.78. The number of carbonyl (C=O) groups is 2. The molecule has 0 aliphatic carbocycles. The van der Waals surface area contributed by atoms with Crippen molar-refractivity contribution in [2.75, 3.05) is 6.54 Å². The van der Waals surface area contributed by atoms with Gasteiger partial charge in [-0.15, -0.1) is 0 Å². The molecule has 2 aliphatic heterocycles. The lowest BCUT2D eigenvalue weighted by Crippen LogP contribution is -2.81. The number of nitrogens with two attached hydrogens (primary N) is 1. The highest BCUT2D eigenvalue weighted by Crippen LogP contribution is 2.38. The van der Waals surface area contributed by atoms with Crippen molar-refractivity contribution in [1.29, 1.82) is 0 Å². The maximum Gasteiger partial charge on any atom is 0.362 e. The number of carbonyl (C=O) groups excluding carboxylic acids is 2. The Morgan fingerprint density at radius 2 is 2.27 bits per heavy atom. The van der Waals surface area contributed by atoms with Crippen LogP contribution in [-0.4, -0.2) is 47.2 Å². The second kappa shape index (κ2) is 2.68. The van der Waals surface area contributed by atoms with Crippen LogP contribution in [0.15, 0.2) is 0 Å². The molecule has 2 fully saturated rings. The summed E-state index contributed by atoms with van der Waals surface area (Å²) < 4.78 is 30.7. The minimum absolute atomic E-state index is 0.258. The Balaban J connectivity index is 2.42. The van der Waals surface area contributed by atoms with Crippen LogP contribution < -0.4 is 11.1 Å². The fourth-order valence-corrected chi connectivity index (χ4v) is 3.06. The van der Waals surface area contributed by atoms with Gasteiger partial charge in [0.05, 0.1) is 6.04 Å². The molecule has 2 heterocycles. The zero-order valence-corrected chi connectivity index (χ0v) is 8.32. The number of hydrogen-bond acceptors (Lipinski definition) is 5. The van der Waals surface area contributed by atoms with Gasteiger partial charge in [0.15, 0.2) is 5.54 Å². The van der Waals surface area contributed by atoms with Crippen molar-refractivity contribution in [1.82, 2.24) is 9.62 Å². The van der Waals surface area contributed by atoms with Crippen LogP contribution in [0.1, 0.15) is 6.42 Å². The topological polar surface area (TPSA) is 130 Å². The first-order valence-electron chi connectivity index (χ1n) is 4.18. The van der Waals surface area contributed by atoms with Gasteiger partial charge in [-0.1, -0.05) is 0 Å². The zero-order valence-electron chi connectivity index (χ0n) is 7.50. The fourth-order valence-electron chi connectivity index (χ4n) is 2.12. The number of fused-ring (bicyclic) bond motifs is 1. The van der Waals surface area contributed by atoms with Crippen molar-refractivity contribution in [3.8, 4) is 0 Å². The van der Waals surface area contributed by atoms with E-state index in [-0.39, 0.29) is 10.7 Å². The van der Waals surface area contributed by atoms with Crippen LogP contribution in [0.4, 0.5) is 0 Å². The molecule has 0 aromatic heterocycles. The second-order valence-corrected chi connectivity index (χ2v) is 4.77. The summed E-state index contributed by atoms with van der Waals surface area (Å²) >= 11 is 0. The molecule has 84 valence electrons. The molecule has 0 aromatic rings. The van der Waals surface area contributed by atoms with Crippen LogP contribution in [0.2, 0.25) is 0 Å². The van der Waals surface area contributed by atoms with E-state index in [0.717, 1.165) is 0 Å². The number of rotatable bonds is 2. The van der Waals surface area contributed by atoms with Crippen molar-refractivity contribution in [2.24, 2.45) is 5.73 Å². The van der Waals surface area contributed by atoms with Crippen molar-refractivity contribution < 1.29 is 22.6 Å². The molecule has 4 N–H and O–H groups in total. The van der Waals surface area contributed by atoms with Crippen LogP contribution in [-0.2, 0) is 19.9 Å². The highest BCUT2D eigenvalue weighted by atomic mass is 32.2. The number of β-lactam (4-membered cyclic amide) rings is 1. The lowest BCUT2D eigenvalue weighted by atomic mass is 9.82. The van der Waals surface area contributed by atoms with Crippen LogP contribution in [0.25, 0.3) is 0 Å². The van der Waals surface area contributed by atoms with E-state index in [1.165, 1.54) is 0 Å². The van der Waals surface area contributed by atoms with Gasteiger partial charge in [0.2, 0.25) is 5.91 Å². The molecule has 2 unspecified atom stereocenters. The molecule has 0 saturated carbocycles. The molecule has 15 heavy (non-hydrogen) atoms. The zero-order chi connectivity index (χ0) is 11.4. The normalized spacial score (nSPS) is 34.9. The standard InChI is InChI=1S/C6H9N3O5S/c7-4(10)6-3(1-2-8-6)9(5(6)11)15(12,13)14/h3,8H,1-2H2,(H2,7,10)(H,12,13,14). The average Bonchev–Trinajstić information content (AvgIpc) is 2.41. The smallest absolute Gasteiger partial charge is 0.362 e. The molecule has 0 radical (unpaired) electrons. The maximum absolute atomic E-state index is 11.5. The van der Waals surface area contributed by atoms with Crippen molar-refractivity contribution in [3.05, 3.63) is 0 Å². The molecule has 2 rings (SSSR count). The Morgan fingerprint density at radius 1 is 1.67 bits per heavy atom. The molecule has 0 spiro atoms. The van der Waals surface area contributed by atoms with Crippen molar-refractivity contribution >= 4 is 22.1 Å². The molecule has 0 aromatic carbocycles. The molecular weight excluding hydrogens is 226 g/mol. The highest BCUT2D eigenvalue weighted by Gasteiger charge is 2.70. The predicted molar refractivity (Wildman–Crippen MR) is 46.7 cm³/mol. The van der Waals surface area contributed by atoms with Gasteiger partial charge in [-0.25, -0.2) is 4.31 Å². The molecule has 9 heteroatoms. The Bertz CT molecular complexity index is 446. The maximum atomic E-state index is 11.5. The molecular formula is C6H9N3O5S. The number of nitrogens with one attached hydrogen (secondary N) is 1. The summed E-state index contributed by atoms with van der Waals surface area (Å²) in [6, 6.07) is -0.905. The van der Waals surface area contributed by atoms with E-state index in [9.17, 15) is 18.0 Å². The van der Waals surface area contributed by atoms with E-state index in [4.69, 9.17) is 10.3 Å². The van der Waals surface area contributed by atoms with E-state index in [1.54, 1.807) is 0 Å². The number of primary amides is 1. The number of hydrogen-bond donors (Lipinski definition) is 3. The third-order valence-corrected chi connectivity index (χ3v) is 3.70. The lowest BCUT2D eigenvalue weighted by molar-refractivity contribution is -0.155. The summed E-state index contributed by atoms with van der Waals surface area (Å²) in [5.41, 5.74) is 3.40. The minimum atomic E-state index is -4.61. The minimum Gasteiger partial charge on any atom is -0.368 e. The lowest BCUT2D eigenvalue weighted by Gasteiger charge is -2.47. The first kappa shape index (κ1) is 10.3. The molecule has 0 bridgehead atoms. The third-order valence-electron chi connectivity index (χ3n) is 2.78. The SMILES string of the molecule is NC(=O)C12NCCC1N(S(=O)(=O)O)C2=O. The first-order valence-corrected chi connectivity index (χ1v) is 5.57. The van der Waals surface area contributed by atoms with Gasteiger partial charge in [-0.05, 0) is 13.0 Å². The van der Waals surface area contributed by atoms with Gasteiger partial charge < -0.3 is 5.73 Å². The van der Waals surface area contributed by atoms with E-state index >= 15 is 0 Å². The number of amides is 2. The van der Waals surface area contributed by atoms with E-state index in [1.807, 2.05) is 0 Å². The first-order chi connectivity index (χ1) is 6.82.